The van der Waals surface area contributed by atoms with Crippen molar-refractivity contribution in [3.63, 3.8) is 0 Å². The molecule has 0 atom stereocenters. The molecule has 17 heavy (non-hydrogen) atoms. The Kier molecular flexibility index (Phi) is 5.22. The molecule has 0 spiro atoms. The lowest BCUT2D eigenvalue weighted by Gasteiger charge is -2.19. The normalized spacial score (nSPS) is 12.9. The number of rotatable bonds is 5. The molecule has 0 unspecified atom stereocenters. The van der Waals surface area contributed by atoms with Crippen LogP contribution in [0.2, 0.25) is 0 Å². The molecular weight excluding hydrogens is 232 g/mol. The van der Waals surface area contributed by atoms with Gasteiger partial charge in [0.15, 0.2) is 5.06 Å². The Morgan fingerprint density at radius 2 is 2.12 bits per heavy atom. The molecule has 1 aromatic rings. The summed E-state index contributed by atoms with van der Waals surface area (Å²) in [6, 6.07) is 2.06. The van der Waals surface area contributed by atoms with Crippen molar-refractivity contribution in [3.8, 4) is 5.06 Å². The number of ether oxygens (including phenoxy) is 2. The van der Waals surface area contributed by atoms with E-state index in [-0.39, 0.29) is 5.60 Å². The lowest BCUT2D eigenvalue weighted by Crippen LogP contribution is -2.20. The fourth-order valence-electron chi connectivity index (χ4n) is 1.14. The molecule has 0 aliphatic heterocycles. The first-order valence-corrected chi connectivity index (χ1v) is 6.72. The van der Waals surface area contributed by atoms with E-state index < -0.39 is 0 Å². The van der Waals surface area contributed by atoms with E-state index in [2.05, 4.69) is 52.1 Å². The molecule has 0 aliphatic rings. The summed E-state index contributed by atoms with van der Waals surface area (Å²) in [5, 5.41) is 3.07. The maximum Gasteiger partial charge on any atom is 0.174 e. The Morgan fingerprint density at radius 1 is 1.41 bits per heavy atom. The molecule has 0 aromatic carbocycles. The third-order valence-corrected chi connectivity index (χ3v) is 3.05. The van der Waals surface area contributed by atoms with Crippen molar-refractivity contribution >= 4 is 11.3 Å². The van der Waals surface area contributed by atoms with Crippen LogP contribution in [-0.4, -0.2) is 18.8 Å². The monoisotopic (exact) mass is 254 g/mol. The zero-order valence-corrected chi connectivity index (χ0v) is 12.2. The Bertz CT molecular complexity index is 372. The second-order valence-electron chi connectivity index (χ2n) is 5.21. The Hall–Kier alpha value is -0.800. The summed E-state index contributed by atoms with van der Waals surface area (Å²) in [6.45, 7) is 11.6. The van der Waals surface area contributed by atoms with Gasteiger partial charge in [-0.2, -0.15) is 0 Å². The molecule has 0 saturated heterocycles. The van der Waals surface area contributed by atoms with Crippen molar-refractivity contribution in [2.24, 2.45) is 0 Å². The van der Waals surface area contributed by atoms with E-state index in [4.69, 9.17) is 9.47 Å². The molecule has 0 aliphatic carbocycles. The van der Waals surface area contributed by atoms with Crippen LogP contribution in [0.5, 0.6) is 5.06 Å². The first kappa shape index (κ1) is 14.3. The maximum atomic E-state index is 5.68. The van der Waals surface area contributed by atoms with Crippen LogP contribution in [-0.2, 0) is 4.74 Å². The third kappa shape index (κ3) is 6.49. The number of hydrogen-bond donors (Lipinski definition) is 0. The highest BCUT2D eigenvalue weighted by molar-refractivity contribution is 7.12. The van der Waals surface area contributed by atoms with Gasteiger partial charge in [0.25, 0.3) is 0 Å². The third-order valence-electron chi connectivity index (χ3n) is 2.10. The highest BCUT2D eigenvalue weighted by Crippen LogP contribution is 2.22. The first-order valence-electron chi connectivity index (χ1n) is 5.84. The zero-order chi connectivity index (χ0) is 12.9. The van der Waals surface area contributed by atoms with E-state index >= 15 is 0 Å². The molecule has 2 nitrogen and oxygen atoms in total. The highest BCUT2D eigenvalue weighted by atomic mass is 32.1. The zero-order valence-electron chi connectivity index (χ0n) is 11.4. The van der Waals surface area contributed by atoms with Crippen LogP contribution >= 0.6 is 11.3 Å². The largest absolute Gasteiger partial charge is 0.480 e. The van der Waals surface area contributed by atoms with E-state index in [9.17, 15) is 0 Å². The van der Waals surface area contributed by atoms with Gasteiger partial charge in [-0.15, -0.1) is 11.3 Å². The maximum absolute atomic E-state index is 5.68. The van der Waals surface area contributed by atoms with Crippen molar-refractivity contribution < 1.29 is 9.47 Å². The summed E-state index contributed by atoms with van der Waals surface area (Å²) in [4.78, 5) is 0. The second-order valence-corrected chi connectivity index (χ2v) is 6.08. The van der Waals surface area contributed by atoms with Crippen molar-refractivity contribution in [1.82, 2.24) is 0 Å². The van der Waals surface area contributed by atoms with Gasteiger partial charge in [0, 0.05) is 0 Å². The van der Waals surface area contributed by atoms with Gasteiger partial charge in [-0.05, 0) is 63.3 Å². The second kappa shape index (κ2) is 6.22. The average molecular weight is 254 g/mol. The minimum atomic E-state index is -0.0825. The fraction of sp³-hybridized carbons (Fsp3) is 0.571. The molecule has 1 rings (SSSR count). The molecular formula is C14H22O2S. The molecule has 0 fully saturated rings. The molecule has 1 aromatic heterocycles. The Balaban J connectivity index is 2.28. The van der Waals surface area contributed by atoms with Crippen molar-refractivity contribution in [2.75, 3.05) is 13.2 Å². The summed E-state index contributed by atoms with van der Waals surface area (Å²) in [5.74, 6) is 0. The quantitative estimate of drug-likeness (QED) is 0.733. The van der Waals surface area contributed by atoms with Crippen LogP contribution < -0.4 is 4.74 Å². The van der Waals surface area contributed by atoms with Crippen LogP contribution in [0.15, 0.2) is 23.1 Å². The van der Waals surface area contributed by atoms with E-state index in [0.717, 1.165) is 5.06 Å². The van der Waals surface area contributed by atoms with Crippen LogP contribution in [0.1, 0.15) is 33.3 Å². The topological polar surface area (TPSA) is 18.5 Å². The lowest BCUT2D eigenvalue weighted by atomic mass is 10.2. The van der Waals surface area contributed by atoms with Crippen molar-refractivity contribution in [2.45, 2.75) is 40.2 Å². The first-order chi connectivity index (χ1) is 7.87. The van der Waals surface area contributed by atoms with E-state index in [1.54, 1.807) is 11.3 Å². The summed E-state index contributed by atoms with van der Waals surface area (Å²) in [7, 11) is 0. The summed E-state index contributed by atoms with van der Waals surface area (Å²) in [6.07, 6.45) is 2.07. The van der Waals surface area contributed by atoms with Gasteiger partial charge in [0.1, 0.15) is 6.61 Å². The van der Waals surface area contributed by atoms with Gasteiger partial charge < -0.3 is 9.47 Å². The van der Waals surface area contributed by atoms with Gasteiger partial charge in [-0.3, -0.25) is 0 Å². The summed E-state index contributed by atoms with van der Waals surface area (Å²) in [5.41, 5.74) is 2.37. The molecule has 0 amide bonds. The van der Waals surface area contributed by atoms with Gasteiger partial charge in [-0.25, -0.2) is 0 Å². The Morgan fingerprint density at radius 3 is 2.65 bits per heavy atom. The standard InChI is InChI=1S/C14H22O2S/c1-11(9-16-14(3,4)5)6-7-15-13-8-12(2)10-17-13/h6,8,10H,7,9H2,1-5H3. The summed E-state index contributed by atoms with van der Waals surface area (Å²) < 4.78 is 11.3. The average Bonchev–Trinajstić information content (AvgIpc) is 2.60. The molecule has 96 valence electrons. The Labute approximate surface area is 108 Å². The van der Waals surface area contributed by atoms with Gasteiger partial charge >= 0.3 is 0 Å². The van der Waals surface area contributed by atoms with Crippen LogP contribution in [0.25, 0.3) is 0 Å². The van der Waals surface area contributed by atoms with Gasteiger partial charge in [-0.1, -0.05) is 0 Å². The lowest BCUT2D eigenvalue weighted by molar-refractivity contribution is 0.0110. The van der Waals surface area contributed by atoms with Crippen molar-refractivity contribution in [1.29, 1.82) is 0 Å². The molecule has 0 saturated carbocycles. The number of thiophene rings is 1. The minimum Gasteiger partial charge on any atom is -0.480 e. The van der Waals surface area contributed by atoms with E-state index in [1.165, 1.54) is 11.1 Å². The van der Waals surface area contributed by atoms with E-state index in [0.29, 0.717) is 13.2 Å². The van der Waals surface area contributed by atoms with E-state index in [1.807, 2.05) is 0 Å². The molecule has 0 bridgehead atoms. The van der Waals surface area contributed by atoms with Crippen molar-refractivity contribution in [3.05, 3.63) is 28.7 Å². The van der Waals surface area contributed by atoms with Crippen LogP contribution in [0.3, 0.4) is 0 Å². The number of hydrogen-bond acceptors (Lipinski definition) is 3. The molecule has 0 N–H and O–H groups in total. The highest BCUT2D eigenvalue weighted by Gasteiger charge is 2.09. The molecule has 1 heterocycles. The smallest absolute Gasteiger partial charge is 0.174 e. The van der Waals surface area contributed by atoms with Crippen LogP contribution in [0.4, 0.5) is 0 Å². The molecule has 3 heteroatoms. The van der Waals surface area contributed by atoms with Gasteiger partial charge in [0.05, 0.1) is 12.2 Å². The predicted molar refractivity (Wildman–Crippen MR) is 74.0 cm³/mol. The fourth-order valence-corrected chi connectivity index (χ4v) is 1.90. The molecule has 0 radical (unpaired) electrons. The predicted octanol–water partition coefficient (Wildman–Crippen LogP) is 4.20. The minimum absolute atomic E-state index is 0.0825. The summed E-state index contributed by atoms with van der Waals surface area (Å²) >= 11 is 1.64. The van der Waals surface area contributed by atoms with Gasteiger partial charge in [0.2, 0.25) is 0 Å². The number of aryl methyl sites for hydroxylation is 1. The SMILES string of the molecule is CC(=CCOc1cc(C)cs1)COC(C)(C)C. The van der Waals surface area contributed by atoms with Crippen LogP contribution in [0, 0.1) is 6.92 Å².